The molecule has 0 amide bonds. The Morgan fingerprint density at radius 1 is 0.244 bits per heavy atom. The minimum absolute atomic E-state index is 0.0680. The molecule has 0 N–H and O–H groups in total. The average molecular weight is 1150 g/mol. The Morgan fingerprint density at radius 2 is 0.439 bits per heavy atom. The van der Waals surface area contributed by atoms with E-state index in [1.54, 1.807) is 0 Å². The fraction of sp³-hybridized carbons (Fsp3) is 0.882. The standard InChI is InChI=1S/C76H142O6/c1-4-7-10-13-16-19-22-25-28-30-31-32-33-34-35-36-37-38-39-40-41-42-43-44-45-46-49-51-54-57-60-63-66-69-75(78)81-72-73(71-80-74(77)68-65-62-59-56-53-50-47-27-24-21-18-15-12-9-6-3)82-76(79)70-67-64-61-58-55-52-48-29-26-23-20-17-14-11-8-5-2/h22,25,27,30-31,47,73H,4-21,23-24,26,28-29,32-46,48-72H2,1-3H3/b25-22-,31-30-,47-27-. The van der Waals surface area contributed by atoms with Crippen LogP contribution in [0.4, 0.5) is 0 Å². The quantitative estimate of drug-likeness (QED) is 0.0261. The molecule has 0 aliphatic rings. The van der Waals surface area contributed by atoms with Gasteiger partial charge in [0.15, 0.2) is 6.10 Å². The number of carbonyl (C=O) groups is 3. The minimum Gasteiger partial charge on any atom is -0.462 e. The van der Waals surface area contributed by atoms with Gasteiger partial charge < -0.3 is 14.2 Å². The van der Waals surface area contributed by atoms with E-state index >= 15 is 0 Å². The van der Waals surface area contributed by atoms with E-state index in [1.165, 1.54) is 302 Å². The summed E-state index contributed by atoms with van der Waals surface area (Å²) in [6, 6.07) is 0. The molecule has 0 aliphatic heterocycles. The summed E-state index contributed by atoms with van der Waals surface area (Å²) in [6.07, 6.45) is 89.1. The average Bonchev–Trinajstić information content (AvgIpc) is 3.47. The Labute approximate surface area is 512 Å². The van der Waals surface area contributed by atoms with Crippen molar-refractivity contribution < 1.29 is 28.6 Å². The molecule has 6 heteroatoms. The van der Waals surface area contributed by atoms with E-state index in [0.29, 0.717) is 19.3 Å². The first-order valence-corrected chi connectivity index (χ1v) is 37.0. The van der Waals surface area contributed by atoms with Crippen molar-refractivity contribution in [2.45, 2.75) is 419 Å². The third-order valence-electron chi connectivity index (χ3n) is 16.9. The van der Waals surface area contributed by atoms with Crippen molar-refractivity contribution in [1.29, 1.82) is 0 Å². The fourth-order valence-electron chi connectivity index (χ4n) is 11.3. The van der Waals surface area contributed by atoms with Gasteiger partial charge in [0.05, 0.1) is 0 Å². The van der Waals surface area contributed by atoms with Crippen molar-refractivity contribution in [2.75, 3.05) is 13.2 Å². The molecule has 0 aliphatic carbocycles. The van der Waals surface area contributed by atoms with Crippen LogP contribution in [0.5, 0.6) is 0 Å². The number of allylic oxidation sites excluding steroid dienone is 6. The minimum atomic E-state index is -0.772. The van der Waals surface area contributed by atoms with Crippen LogP contribution in [0, 0.1) is 0 Å². The predicted octanol–water partition coefficient (Wildman–Crippen LogP) is 25.5. The van der Waals surface area contributed by atoms with Crippen LogP contribution in [0.25, 0.3) is 0 Å². The molecule has 6 nitrogen and oxygen atoms in total. The Balaban J connectivity index is 4.12. The normalized spacial score (nSPS) is 12.2. The van der Waals surface area contributed by atoms with Crippen molar-refractivity contribution in [3.63, 3.8) is 0 Å². The third-order valence-corrected chi connectivity index (χ3v) is 16.9. The first-order chi connectivity index (χ1) is 40.5. The Hall–Kier alpha value is -2.37. The molecule has 1 atom stereocenters. The van der Waals surface area contributed by atoms with Crippen LogP contribution < -0.4 is 0 Å². The molecule has 0 heterocycles. The third kappa shape index (κ3) is 68.4. The van der Waals surface area contributed by atoms with Gasteiger partial charge in [-0.1, -0.05) is 353 Å². The number of esters is 3. The summed E-state index contributed by atoms with van der Waals surface area (Å²) in [7, 11) is 0. The number of hydrogen-bond acceptors (Lipinski definition) is 6. The van der Waals surface area contributed by atoms with Gasteiger partial charge in [0, 0.05) is 19.3 Å². The maximum absolute atomic E-state index is 12.9. The lowest BCUT2D eigenvalue weighted by molar-refractivity contribution is -0.167. The Morgan fingerprint density at radius 3 is 0.683 bits per heavy atom. The lowest BCUT2D eigenvalue weighted by Gasteiger charge is -2.18. The number of rotatable bonds is 69. The summed E-state index contributed by atoms with van der Waals surface area (Å²) in [5, 5.41) is 0. The Kier molecular flexibility index (Phi) is 69.1. The van der Waals surface area contributed by atoms with E-state index in [4.69, 9.17) is 14.2 Å². The maximum atomic E-state index is 12.9. The van der Waals surface area contributed by atoms with Crippen LogP contribution in [0.15, 0.2) is 36.5 Å². The highest BCUT2D eigenvalue weighted by Gasteiger charge is 2.19. The van der Waals surface area contributed by atoms with Crippen LogP contribution in [0.3, 0.4) is 0 Å². The monoisotopic (exact) mass is 1150 g/mol. The van der Waals surface area contributed by atoms with E-state index in [0.717, 1.165) is 70.6 Å². The van der Waals surface area contributed by atoms with Crippen LogP contribution in [0.2, 0.25) is 0 Å². The summed E-state index contributed by atoms with van der Waals surface area (Å²) in [6.45, 7) is 6.69. The highest BCUT2D eigenvalue weighted by Crippen LogP contribution is 2.19. The fourth-order valence-corrected chi connectivity index (χ4v) is 11.3. The zero-order chi connectivity index (χ0) is 59.2. The summed E-state index contributed by atoms with van der Waals surface area (Å²) in [5.41, 5.74) is 0. The smallest absolute Gasteiger partial charge is 0.306 e. The number of hydrogen-bond donors (Lipinski definition) is 0. The predicted molar refractivity (Wildman–Crippen MR) is 358 cm³/mol. The van der Waals surface area contributed by atoms with Gasteiger partial charge in [0.1, 0.15) is 13.2 Å². The molecule has 1 unspecified atom stereocenters. The number of carbonyl (C=O) groups excluding carboxylic acids is 3. The highest BCUT2D eigenvalue weighted by atomic mass is 16.6. The zero-order valence-electron chi connectivity index (χ0n) is 55.5. The van der Waals surface area contributed by atoms with Crippen molar-refractivity contribution in [3.8, 4) is 0 Å². The lowest BCUT2D eigenvalue weighted by atomic mass is 10.0. The highest BCUT2D eigenvalue weighted by molar-refractivity contribution is 5.71. The number of unbranched alkanes of at least 4 members (excludes halogenated alkanes) is 52. The molecule has 482 valence electrons. The second-order valence-electron chi connectivity index (χ2n) is 25.2. The molecule has 0 aromatic rings. The van der Waals surface area contributed by atoms with Gasteiger partial charge in [-0.3, -0.25) is 14.4 Å². The van der Waals surface area contributed by atoms with E-state index in [9.17, 15) is 14.4 Å². The molecule has 0 saturated carbocycles. The van der Waals surface area contributed by atoms with E-state index in [-0.39, 0.29) is 31.1 Å². The zero-order valence-corrected chi connectivity index (χ0v) is 55.5. The summed E-state index contributed by atoms with van der Waals surface area (Å²) in [5.74, 6) is -0.845. The molecule has 0 aromatic heterocycles. The first-order valence-electron chi connectivity index (χ1n) is 37.0. The molecule has 0 rings (SSSR count). The van der Waals surface area contributed by atoms with Crippen molar-refractivity contribution in [1.82, 2.24) is 0 Å². The van der Waals surface area contributed by atoms with Gasteiger partial charge in [0.2, 0.25) is 0 Å². The summed E-state index contributed by atoms with van der Waals surface area (Å²) < 4.78 is 17.0. The second-order valence-corrected chi connectivity index (χ2v) is 25.2. The van der Waals surface area contributed by atoms with Gasteiger partial charge in [-0.25, -0.2) is 0 Å². The molecule has 0 radical (unpaired) electrons. The van der Waals surface area contributed by atoms with Crippen LogP contribution in [-0.4, -0.2) is 37.2 Å². The molecule has 0 bridgehead atoms. The molecular weight excluding hydrogens is 1010 g/mol. The van der Waals surface area contributed by atoms with Gasteiger partial charge >= 0.3 is 17.9 Å². The van der Waals surface area contributed by atoms with E-state index in [1.807, 2.05) is 0 Å². The first kappa shape index (κ1) is 79.6. The number of ether oxygens (including phenoxy) is 3. The van der Waals surface area contributed by atoms with E-state index < -0.39 is 6.10 Å². The Bertz CT molecular complexity index is 1370. The molecular formula is C76H142O6. The topological polar surface area (TPSA) is 78.9 Å². The summed E-state index contributed by atoms with van der Waals surface area (Å²) >= 11 is 0. The molecule has 0 saturated heterocycles. The van der Waals surface area contributed by atoms with Crippen LogP contribution in [-0.2, 0) is 28.6 Å². The van der Waals surface area contributed by atoms with Crippen LogP contribution >= 0.6 is 0 Å². The van der Waals surface area contributed by atoms with Gasteiger partial charge in [-0.05, 0) is 77.0 Å². The maximum Gasteiger partial charge on any atom is 0.306 e. The summed E-state index contributed by atoms with van der Waals surface area (Å²) in [4.78, 5) is 38.4. The van der Waals surface area contributed by atoms with Crippen molar-refractivity contribution >= 4 is 17.9 Å². The van der Waals surface area contributed by atoms with Crippen molar-refractivity contribution in [3.05, 3.63) is 36.5 Å². The molecule has 82 heavy (non-hydrogen) atoms. The van der Waals surface area contributed by atoms with Gasteiger partial charge in [-0.2, -0.15) is 0 Å². The molecule has 0 spiro atoms. The lowest BCUT2D eigenvalue weighted by Crippen LogP contribution is -2.30. The van der Waals surface area contributed by atoms with E-state index in [2.05, 4.69) is 57.2 Å². The molecule has 0 aromatic carbocycles. The van der Waals surface area contributed by atoms with Crippen LogP contribution in [0.1, 0.15) is 412 Å². The second kappa shape index (κ2) is 71.1. The van der Waals surface area contributed by atoms with Gasteiger partial charge in [-0.15, -0.1) is 0 Å². The van der Waals surface area contributed by atoms with Crippen molar-refractivity contribution in [2.24, 2.45) is 0 Å². The SMILES string of the molecule is CCCCCCC/C=C\C/C=C\CCCCCCCCCCCCCCCCCCCCCCCC(=O)OCC(COC(=O)CCCCCCC/C=C\CCCCCCCC)OC(=O)CCCCCCCCCCCCCCCCCC. The largest absolute Gasteiger partial charge is 0.462 e. The van der Waals surface area contributed by atoms with Gasteiger partial charge in [0.25, 0.3) is 0 Å². The molecule has 0 fully saturated rings.